The molecule has 114 valence electrons. The third-order valence-electron chi connectivity index (χ3n) is 3.97. The van der Waals surface area contributed by atoms with Gasteiger partial charge in [-0.1, -0.05) is 20.8 Å². The number of aromatic nitrogens is 4. The third-order valence-corrected chi connectivity index (χ3v) is 3.97. The predicted octanol–water partition coefficient (Wildman–Crippen LogP) is 2.66. The van der Waals surface area contributed by atoms with E-state index < -0.39 is 0 Å². The number of rotatable bonds is 4. The van der Waals surface area contributed by atoms with Gasteiger partial charge in [0.15, 0.2) is 11.5 Å². The van der Waals surface area contributed by atoms with E-state index in [1.54, 1.807) is 6.33 Å². The van der Waals surface area contributed by atoms with E-state index in [2.05, 4.69) is 45.9 Å². The average Bonchev–Trinajstić information content (AvgIpc) is 2.91. The Morgan fingerprint density at radius 1 is 1.29 bits per heavy atom. The second-order valence-electron chi connectivity index (χ2n) is 6.25. The zero-order valence-corrected chi connectivity index (χ0v) is 13.1. The van der Waals surface area contributed by atoms with Crippen molar-refractivity contribution in [1.29, 1.82) is 0 Å². The van der Waals surface area contributed by atoms with Crippen molar-refractivity contribution in [3.63, 3.8) is 0 Å². The van der Waals surface area contributed by atoms with Gasteiger partial charge in [-0.15, -0.1) is 0 Å². The highest BCUT2D eigenvalue weighted by molar-refractivity contribution is 5.84. The summed E-state index contributed by atoms with van der Waals surface area (Å²) < 4.78 is 0. The van der Waals surface area contributed by atoms with Gasteiger partial charge in [0.2, 0.25) is 5.95 Å². The third kappa shape index (κ3) is 2.94. The molecule has 0 aliphatic carbocycles. The van der Waals surface area contributed by atoms with Crippen LogP contribution in [0.4, 0.5) is 11.8 Å². The second kappa shape index (κ2) is 5.87. The minimum Gasteiger partial charge on any atom is -0.354 e. The minimum absolute atomic E-state index is 0.678. The molecule has 0 radical (unpaired) electrons. The number of nitrogens with one attached hydrogen (secondary N) is 2. The molecule has 1 fully saturated rings. The quantitative estimate of drug-likeness (QED) is 0.905. The first kappa shape index (κ1) is 14.1. The summed E-state index contributed by atoms with van der Waals surface area (Å²) in [7, 11) is 0. The van der Waals surface area contributed by atoms with Crippen LogP contribution in [0.1, 0.15) is 33.6 Å². The molecule has 2 unspecified atom stereocenters. The summed E-state index contributed by atoms with van der Waals surface area (Å²) in [6.07, 6.45) is 4.03. The van der Waals surface area contributed by atoms with Gasteiger partial charge in [-0.3, -0.25) is 0 Å². The Kier molecular flexibility index (Phi) is 3.94. The summed E-state index contributed by atoms with van der Waals surface area (Å²) in [5, 5.41) is 3.28. The number of fused-ring (bicyclic) bond motifs is 1. The van der Waals surface area contributed by atoms with E-state index in [-0.39, 0.29) is 0 Å². The van der Waals surface area contributed by atoms with E-state index in [9.17, 15) is 0 Å². The van der Waals surface area contributed by atoms with Gasteiger partial charge in [0.1, 0.15) is 5.52 Å². The second-order valence-corrected chi connectivity index (χ2v) is 6.25. The standard InChI is InChI=1S/C15H24N6/c1-4-5-16-15-19-13-12(17-9-18-13)14(20-15)21-7-10(2)6-11(3)8-21/h9-11H,4-8H2,1-3H3,(H2,16,17,18,19,20). The molecule has 2 aromatic rings. The van der Waals surface area contributed by atoms with E-state index in [0.29, 0.717) is 17.8 Å². The molecule has 1 aliphatic rings. The molecule has 2 atom stereocenters. The molecule has 3 heterocycles. The molecule has 6 nitrogen and oxygen atoms in total. The van der Waals surface area contributed by atoms with Crippen molar-refractivity contribution in [3.8, 4) is 0 Å². The summed E-state index contributed by atoms with van der Waals surface area (Å²) in [6, 6.07) is 0. The number of imidazole rings is 1. The highest BCUT2D eigenvalue weighted by Gasteiger charge is 2.25. The largest absolute Gasteiger partial charge is 0.354 e. The smallest absolute Gasteiger partial charge is 0.226 e. The SMILES string of the molecule is CCCNc1nc(N2CC(C)CC(C)C2)c2[nH]cnc2n1. The predicted molar refractivity (Wildman–Crippen MR) is 85.6 cm³/mol. The number of anilines is 2. The van der Waals surface area contributed by atoms with E-state index in [0.717, 1.165) is 43.0 Å². The van der Waals surface area contributed by atoms with Crippen LogP contribution in [0.15, 0.2) is 6.33 Å². The first-order valence-corrected chi connectivity index (χ1v) is 7.87. The van der Waals surface area contributed by atoms with Crippen molar-refractivity contribution in [3.05, 3.63) is 6.33 Å². The number of H-pyrrole nitrogens is 1. The van der Waals surface area contributed by atoms with E-state index >= 15 is 0 Å². The van der Waals surface area contributed by atoms with Gasteiger partial charge in [0, 0.05) is 19.6 Å². The van der Waals surface area contributed by atoms with Gasteiger partial charge in [0.05, 0.1) is 6.33 Å². The van der Waals surface area contributed by atoms with E-state index in [1.807, 2.05) is 0 Å². The number of hydrogen-bond donors (Lipinski definition) is 2. The number of hydrogen-bond acceptors (Lipinski definition) is 5. The number of piperidine rings is 1. The fourth-order valence-corrected chi connectivity index (χ4v) is 3.20. The highest BCUT2D eigenvalue weighted by Crippen LogP contribution is 2.29. The maximum Gasteiger partial charge on any atom is 0.226 e. The summed E-state index contributed by atoms with van der Waals surface area (Å²) >= 11 is 0. The fraction of sp³-hybridized carbons (Fsp3) is 0.667. The Balaban J connectivity index is 1.97. The summed E-state index contributed by atoms with van der Waals surface area (Å²) in [5.41, 5.74) is 1.68. The van der Waals surface area contributed by atoms with Crippen molar-refractivity contribution in [2.45, 2.75) is 33.6 Å². The molecule has 6 heteroatoms. The Hall–Kier alpha value is -1.85. The van der Waals surface area contributed by atoms with Gasteiger partial charge in [-0.25, -0.2) is 4.98 Å². The number of aromatic amines is 1. The zero-order valence-electron chi connectivity index (χ0n) is 13.1. The van der Waals surface area contributed by atoms with Crippen molar-refractivity contribution in [1.82, 2.24) is 19.9 Å². The maximum atomic E-state index is 4.74. The minimum atomic E-state index is 0.678. The number of nitrogens with zero attached hydrogens (tertiary/aromatic N) is 4. The molecule has 0 aromatic carbocycles. The topological polar surface area (TPSA) is 69.7 Å². The van der Waals surface area contributed by atoms with Crippen LogP contribution >= 0.6 is 0 Å². The molecule has 0 saturated carbocycles. The lowest BCUT2D eigenvalue weighted by atomic mass is 9.92. The van der Waals surface area contributed by atoms with Crippen LogP contribution in [0.2, 0.25) is 0 Å². The van der Waals surface area contributed by atoms with E-state index in [1.165, 1.54) is 6.42 Å². The lowest BCUT2D eigenvalue weighted by Gasteiger charge is -2.35. The normalized spacial score (nSPS) is 22.7. The molecule has 21 heavy (non-hydrogen) atoms. The highest BCUT2D eigenvalue weighted by atomic mass is 15.3. The maximum absolute atomic E-state index is 4.74. The molecular weight excluding hydrogens is 264 g/mol. The molecule has 3 rings (SSSR count). The molecule has 0 spiro atoms. The van der Waals surface area contributed by atoms with Crippen LogP contribution in [0.5, 0.6) is 0 Å². The van der Waals surface area contributed by atoms with Crippen LogP contribution in [0, 0.1) is 11.8 Å². The lowest BCUT2D eigenvalue weighted by Crippen LogP contribution is -2.39. The Bertz CT molecular complexity index is 597. The van der Waals surface area contributed by atoms with Crippen molar-refractivity contribution < 1.29 is 0 Å². The van der Waals surface area contributed by atoms with Gasteiger partial charge in [0.25, 0.3) is 0 Å². The van der Waals surface area contributed by atoms with Crippen LogP contribution in [-0.4, -0.2) is 39.6 Å². The molecule has 0 bridgehead atoms. The molecule has 1 saturated heterocycles. The van der Waals surface area contributed by atoms with Gasteiger partial charge < -0.3 is 15.2 Å². The Labute approximate surface area is 125 Å². The molecule has 2 N–H and O–H groups in total. The molecular formula is C15H24N6. The Morgan fingerprint density at radius 2 is 2.05 bits per heavy atom. The lowest BCUT2D eigenvalue weighted by molar-refractivity contribution is 0.356. The first-order valence-electron chi connectivity index (χ1n) is 7.87. The average molecular weight is 288 g/mol. The van der Waals surface area contributed by atoms with Gasteiger partial charge in [-0.2, -0.15) is 9.97 Å². The van der Waals surface area contributed by atoms with Crippen LogP contribution in [0.3, 0.4) is 0 Å². The summed E-state index contributed by atoms with van der Waals surface area (Å²) in [4.78, 5) is 19.1. The fourth-order valence-electron chi connectivity index (χ4n) is 3.20. The van der Waals surface area contributed by atoms with Gasteiger partial charge >= 0.3 is 0 Å². The molecule has 1 aliphatic heterocycles. The molecule has 2 aromatic heterocycles. The summed E-state index contributed by atoms with van der Waals surface area (Å²) in [5.74, 6) is 3.04. The van der Waals surface area contributed by atoms with Crippen molar-refractivity contribution in [2.24, 2.45) is 11.8 Å². The van der Waals surface area contributed by atoms with Crippen LogP contribution in [-0.2, 0) is 0 Å². The van der Waals surface area contributed by atoms with Crippen LogP contribution in [0.25, 0.3) is 11.2 Å². The zero-order chi connectivity index (χ0) is 14.8. The van der Waals surface area contributed by atoms with Gasteiger partial charge in [-0.05, 0) is 24.7 Å². The van der Waals surface area contributed by atoms with E-state index in [4.69, 9.17) is 4.98 Å². The first-order chi connectivity index (χ1) is 10.2. The van der Waals surface area contributed by atoms with Crippen molar-refractivity contribution >= 4 is 22.9 Å². The van der Waals surface area contributed by atoms with Crippen molar-refractivity contribution in [2.75, 3.05) is 29.9 Å². The van der Waals surface area contributed by atoms with Crippen LogP contribution < -0.4 is 10.2 Å². The Morgan fingerprint density at radius 3 is 2.76 bits per heavy atom. The molecule has 0 amide bonds. The summed E-state index contributed by atoms with van der Waals surface area (Å²) in [6.45, 7) is 9.72. The monoisotopic (exact) mass is 288 g/mol.